The summed E-state index contributed by atoms with van der Waals surface area (Å²) in [5.74, 6) is 1.38. The van der Waals surface area contributed by atoms with E-state index in [9.17, 15) is 23.1 Å². The minimum absolute atomic E-state index is 0.0737. The first-order chi connectivity index (χ1) is 20.6. The Kier molecular flexibility index (Phi) is 9.03. The number of benzene rings is 3. The van der Waals surface area contributed by atoms with Gasteiger partial charge in [-0.15, -0.1) is 0 Å². The van der Waals surface area contributed by atoms with Gasteiger partial charge in [-0.05, 0) is 53.6 Å². The molecule has 1 N–H and O–H groups in total. The molecule has 2 aliphatic rings. The van der Waals surface area contributed by atoms with Crippen molar-refractivity contribution in [2.24, 2.45) is 0 Å². The van der Waals surface area contributed by atoms with Gasteiger partial charge in [0.2, 0.25) is 0 Å². The molecule has 0 radical (unpaired) electrons. The van der Waals surface area contributed by atoms with Crippen LogP contribution in [0.5, 0.6) is 23.0 Å². The molecule has 2 aliphatic heterocycles. The molecule has 0 aliphatic carbocycles. The lowest BCUT2D eigenvalue weighted by Crippen LogP contribution is -2.49. The van der Waals surface area contributed by atoms with E-state index in [1.54, 1.807) is 25.3 Å². The Balaban J connectivity index is 1.14. The molecule has 1 atom stereocenters. The Bertz CT molecular complexity index is 1420. The highest BCUT2D eigenvalue weighted by atomic mass is 19.4. The molecule has 0 amide bonds. The van der Waals surface area contributed by atoms with Crippen LogP contribution in [-0.4, -0.2) is 68.1 Å². The van der Waals surface area contributed by atoms with Gasteiger partial charge in [-0.1, -0.05) is 12.1 Å². The number of likely N-dealkylation sites (tertiary alicyclic amines) is 1. The van der Waals surface area contributed by atoms with E-state index < -0.39 is 29.4 Å². The molecule has 2 heterocycles. The number of hydrogen-bond donors (Lipinski definition) is 1. The van der Waals surface area contributed by atoms with Crippen molar-refractivity contribution in [1.29, 1.82) is 0 Å². The monoisotopic (exact) mass is 601 g/mol. The fraction of sp³-hybridized carbons (Fsp3) is 0.406. The Morgan fingerprint density at radius 1 is 1.00 bits per heavy atom. The van der Waals surface area contributed by atoms with E-state index in [4.69, 9.17) is 23.7 Å². The van der Waals surface area contributed by atoms with Crippen molar-refractivity contribution >= 4 is 5.97 Å². The molecule has 1 fully saturated rings. The van der Waals surface area contributed by atoms with Crippen molar-refractivity contribution in [1.82, 2.24) is 4.90 Å². The van der Waals surface area contributed by atoms with Crippen LogP contribution in [0.15, 0.2) is 60.7 Å². The summed E-state index contributed by atoms with van der Waals surface area (Å²) >= 11 is 0. The summed E-state index contributed by atoms with van der Waals surface area (Å²) in [6.07, 6.45) is -3.58. The van der Waals surface area contributed by atoms with Gasteiger partial charge in [0.05, 0.1) is 19.8 Å². The predicted molar refractivity (Wildman–Crippen MR) is 151 cm³/mol. The minimum Gasteiger partial charge on any atom is -0.497 e. The molecule has 11 heteroatoms. The zero-order valence-corrected chi connectivity index (χ0v) is 24.0. The molecule has 43 heavy (non-hydrogen) atoms. The van der Waals surface area contributed by atoms with Gasteiger partial charge in [-0.2, -0.15) is 13.2 Å². The van der Waals surface area contributed by atoms with Crippen molar-refractivity contribution in [2.75, 3.05) is 40.5 Å². The van der Waals surface area contributed by atoms with E-state index in [1.165, 1.54) is 19.2 Å². The predicted octanol–water partition coefficient (Wildman–Crippen LogP) is 5.29. The van der Waals surface area contributed by atoms with Gasteiger partial charge >= 0.3 is 12.1 Å². The lowest BCUT2D eigenvalue weighted by molar-refractivity contribution is -0.137. The van der Waals surface area contributed by atoms with Crippen LogP contribution in [0.3, 0.4) is 0 Å². The molecule has 0 aromatic heterocycles. The summed E-state index contributed by atoms with van der Waals surface area (Å²) < 4.78 is 67.4. The molecule has 3 aromatic rings. The number of carbonyl (C=O) groups is 1. The fourth-order valence-electron chi connectivity index (χ4n) is 5.45. The number of esters is 1. The average Bonchev–Trinajstić information content (AvgIpc) is 3.36. The number of fused-ring (bicyclic) bond motifs is 1. The summed E-state index contributed by atoms with van der Waals surface area (Å²) in [7, 11) is 2.87. The van der Waals surface area contributed by atoms with Crippen LogP contribution in [0.1, 0.15) is 39.9 Å². The maximum Gasteiger partial charge on any atom is 0.416 e. The van der Waals surface area contributed by atoms with Crippen LogP contribution < -0.4 is 18.9 Å². The zero-order valence-electron chi connectivity index (χ0n) is 24.0. The van der Waals surface area contributed by atoms with Crippen LogP contribution in [0.2, 0.25) is 0 Å². The molecule has 1 spiro atoms. The first kappa shape index (κ1) is 30.5. The normalized spacial score (nSPS) is 16.7. The van der Waals surface area contributed by atoms with E-state index in [2.05, 4.69) is 4.90 Å². The minimum atomic E-state index is -4.39. The molecule has 0 bridgehead atoms. The number of hydrogen-bond acceptors (Lipinski definition) is 8. The van der Waals surface area contributed by atoms with E-state index in [1.807, 2.05) is 24.3 Å². The quantitative estimate of drug-likeness (QED) is 0.314. The fourth-order valence-corrected chi connectivity index (χ4v) is 5.45. The summed E-state index contributed by atoms with van der Waals surface area (Å²) in [5.41, 5.74) is 0.507. The number of aliphatic hydroxyl groups is 1. The van der Waals surface area contributed by atoms with Gasteiger partial charge < -0.3 is 33.7 Å². The number of halogens is 3. The highest BCUT2D eigenvalue weighted by Gasteiger charge is 2.43. The Hall–Kier alpha value is -3.96. The molecular formula is C32H34F3NO7. The average molecular weight is 602 g/mol. The second kappa shape index (κ2) is 12.7. The number of alkyl halides is 3. The third-order valence-corrected chi connectivity index (χ3v) is 7.82. The Labute approximate surface area is 247 Å². The van der Waals surface area contributed by atoms with Crippen molar-refractivity contribution < 1.29 is 46.8 Å². The number of aliphatic hydroxyl groups excluding tert-OH is 1. The number of rotatable bonds is 10. The second-order valence-electron chi connectivity index (χ2n) is 10.8. The van der Waals surface area contributed by atoms with Crippen molar-refractivity contribution in [3.8, 4) is 23.0 Å². The molecule has 0 unspecified atom stereocenters. The zero-order chi connectivity index (χ0) is 30.6. The van der Waals surface area contributed by atoms with E-state index in [0.717, 1.165) is 17.4 Å². The van der Waals surface area contributed by atoms with Crippen LogP contribution in [0.4, 0.5) is 13.2 Å². The highest BCUT2D eigenvalue weighted by Crippen LogP contribution is 2.43. The van der Waals surface area contributed by atoms with Crippen molar-refractivity contribution in [2.45, 2.75) is 43.8 Å². The number of ether oxygens (including phenoxy) is 5. The standard InChI is InChI=1S/C32H34F3NO7/c1-39-25-6-3-21(4-7-25)19-41-26-8-9-27(30(38)40-2)29(16-26)42-20-24(37)18-36-13-11-31(12-14-36)17-22-15-23(32(33,34)35)5-10-28(22)43-31/h3-10,15-16,24,37H,11-14,17-20H2,1-2H3/t24-/m0/s1. The summed E-state index contributed by atoms with van der Waals surface area (Å²) in [6, 6.07) is 15.9. The van der Waals surface area contributed by atoms with Gasteiger partial charge in [0.25, 0.3) is 0 Å². The topological polar surface area (TPSA) is 86.7 Å². The van der Waals surface area contributed by atoms with E-state index >= 15 is 0 Å². The number of methoxy groups -OCH3 is 2. The molecular weight excluding hydrogens is 567 g/mol. The molecule has 8 nitrogen and oxygen atoms in total. The van der Waals surface area contributed by atoms with E-state index in [0.29, 0.717) is 62.6 Å². The third kappa shape index (κ3) is 7.34. The lowest BCUT2D eigenvalue weighted by atomic mass is 9.86. The second-order valence-corrected chi connectivity index (χ2v) is 10.8. The van der Waals surface area contributed by atoms with Crippen LogP contribution in [-0.2, 0) is 23.9 Å². The Morgan fingerprint density at radius 3 is 2.40 bits per heavy atom. The number of nitrogens with zero attached hydrogens (tertiary/aromatic N) is 1. The number of carbonyl (C=O) groups excluding carboxylic acids is 1. The number of piperidine rings is 1. The summed E-state index contributed by atoms with van der Waals surface area (Å²) in [5, 5.41) is 10.8. The van der Waals surface area contributed by atoms with Gasteiger partial charge in [-0.3, -0.25) is 0 Å². The van der Waals surface area contributed by atoms with Crippen molar-refractivity contribution in [3.05, 3.63) is 82.9 Å². The van der Waals surface area contributed by atoms with Gasteiger partial charge in [0.1, 0.15) is 53.5 Å². The molecule has 0 saturated carbocycles. The Morgan fingerprint density at radius 2 is 1.72 bits per heavy atom. The first-order valence-corrected chi connectivity index (χ1v) is 14.0. The van der Waals surface area contributed by atoms with Crippen molar-refractivity contribution in [3.63, 3.8) is 0 Å². The highest BCUT2D eigenvalue weighted by molar-refractivity contribution is 5.92. The third-order valence-electron chi connectivity index (χ3n) is 7.82. The SMILES string of the molecule is COC(=O)c1ccc(OCc2ccc(OC)cc2)cc1OC[C@@H](O)CN1CCC2(CC1)Cc1cc(C(F)(F)F)ccc1O2. The van der Waals surface area contributed by atoms with Gasteiger partial charge in [0.15, 0.2) is 0 Å². The van der Waals surface area contributed by atoms with Crippen LogP contribution in [0.25, 0.3) is 0 Å². The summed E-state index contributed by atoms with van der Waals surface area (Å²) in [4.78, 5) is 14.4. The molecule has 1 saturated heterocycles. The maximum atomic E-state index is 13.1. The smallest absolute Gasteiger partial charge is 0.416 e. The largest absolute Gasteiger partial charge is 0.497 e. The lowest BCUT2D eigenvalue weighted by Gasteiger charge is -2.39. The first-order valence-electron chi connectivity index (χ1n) is 14.0. The summed E-state index contributed by atoms with van der Waals surface area (Å²) in [6.45, 7) is 1.76. The van der Waals surface area contributed by atoms with Crippen LogP contribution in [0, 0.1) is 0 Å². The van der Waals surface area contributed by atoms with Gasteiger partial charge in [-0.25, -0.2) is 4.79 Å². The maximum absolute atomic E-state index is 13.1. The van der Waals surface area contributed by atoms with Crippen LogP contribution >= 0.6 is 0 Å². The number of β-amino-alcohol motifs (C(OH)–C–C–N with tert-alkyl or cyclic N) is 1. The molecule has 5 rings (SSSR count). The van der Waals surface area contributed by atoms with E-state index in [-0.39, 0.29) is 17.9 Å². The molecule has 3 aromatic carbocycles. The van der Waals surface area contributed by atoms with Gasteiger partial charge in [0, 0.05) is 45.0 Å². The molecule has 230 valence electrons.